The molecule has 0 aliphatic heterocycles. The molecule has 0 aromatic heterocycles. The Bertz CT molecular complexity index is 235. The van der Waals surface area contributed by atoms with Gasteiger partial charge in [-0.2, -0.15) is 0 Å². The van der Waals surface area contributed by atoms with E-state index in [1.807, 2.05) is 6.92 Å². The van der Waals surface area contributed by atoms with E-state index in [0.29, 0.717) is 12.6 Å². The molecule has 0 radical (unpaired) electrons. The van der Waals surface area contributed by atoms with Crippen LogP contribution in [0.4, 0.5) is 0 Å². The van der Waals surface area contributed by atoms with Crippen molar-refractivity contribution in [1.82, 2.24) is 10.6 Å². The molecule has 0 heterocycles. The van der Waals surface area contributed by atoms with E-state index < -0.39 is 0 Å². The monoisotopic (exact) mass is 254 g/mol. The minimum absolute atomic E-state index is 0.129. The highest BCUT2D eigenvalue weighted by atomic mass is 16.1. The Hall–Kier alpha value is -0.570. The van der Waals surface area contributed by atoms with Gasteiger partial charge in [-0.1, -0.05) is 32.6 Å². The maximum atomic E-state index is 11.7. The van der Waals surface area contributed by atoms with Crippen LogP contribution in [0, 0.1) is 5.92 Å². The normalized spacial score (nSPS) is 21.1. The molecule has 0 aromatic carbocycles. The van der Waals surface area contributed by atoms with Gasteiger partial charge in [-0.3, -0.25) is 4.79 Å². The van der Waals surface area contributed by atoms with Crippen LogP contribution in [0.2, 0.25) is 0 Å². The van der Waals surface area contributed by atoms with Crippen molar-refractivity contribution >= 4 is 5.91 Å². The summed E-state index contributed by atoms with van der Waals surface area (Å²) in [4.78, 5) is 11.7. The number of hydrogen-bond acceptors (Lipinski definition) is 2. The summed E-state index contributed by atoms with van der Waals surface area (Å²) in [6.07, 6.45) is 9.12. The number of carbonyl (C=O) groups is 1. The maximum absolute atomic E-state index is 11.7. The Balaban J connectivity index is 2.22. The van der Waals surface area contributed by atoms with Gasteiger partial charge in [-0.05, 0) is 39.0 Å². The number of amides is 1. The first-order valence-electron chi connectivity index (χ1n) is 7.66. The molecule has 1 amide bonds. The van der Waals surface area contributed by atoms with Crippen LogP contribution < -0.4 is 10.6 Å². The summed E-state index contributed by atoms with van der Waals surface area (Å²) in [5, 5.41) is 6.40. The highest BCUT2D eigenvalue weighted by Crippen LogP contribution is 2.25. The Morgan fingerprint density at radius 3 is 2.33 bits per heavy atom. The van der Waals surface area contributed by atoms with Crippen LogP contribution in [-0.2, 0) is 4.79 Å². The van der Waals surface area contributed by atoms with Crippen LogP contribution in [0.5, 0.6) is 0 Å². The van der Waals surface area contributed by atoms with Gasteiger partial charge in [0.1, 0.15) is 0 Å². The van der Waals surface area contributed by atoms with E-state index in [-0.39, 0.29) is 11.9 Å². The van der Waals surface area contributed by atoms with Gasteiger partial charge >= 0.3 is 0 Å². The molecule has 1 unspecified atom stereocenters. The summed E-state index contributed by atoms with van der Waals surface area (Å²) < 4.78 is 0. The van der Waals surface area contributed by atoms with E-state index in [1.54, 1.807) is 0 Å². The highest BCUT2D eigenvalue weighted by molar-refractivity contribution is 5.78. The van der Waals surface area contributed by atoms with Crippen LogP contribution in [0.25, 0.3) is 0 Å². The van der Waals surface area contributed by atoms with Crippen LogP contribution in [0.15, 0.2) is 0 Å². The predicted octanol–water partition coefficient (Wildman–Crippen LogP) is 2.85. The molecule has 0 spiro atoms. The van der Waals surface area contributed by atoms with Gasteiger partial charge in [-0.15, -0.1) is 0 Å². The average Bonchev–Trinajstić information content (AvgIpc) is 2.64. The first-order chi connectivity index (χ1) is 8.63. The van der Waals surface area contributed by atoms with Gasteiger partial charge in [0.15, 0.2) is 0 Å². The first kappa shape index (κ1) is 15.5. The van der Waals surface area contributed by atoms with Crippen molar-refractivity contribution in [1.29, 1.82) is 0 Å². The third-order valence-corrected chi connectivity index (χ3v) is 4.21. The van der Waals surface area contributed by atoms with Gasteiger partial charge in [-0.25, -0.2) is 0 Å². The number of rotatable bonds is 6. The van der Waals surface area contributed by atoms with Gasteiger partial charge in [0.05, 0.1) is 6.54 Å². The second-order valence-electron chi connectivity index (χ2n) is 5.80. The molecule has 0 aromatic rings. The number of carbonyl (C=O) groups excluding carboxylic acids is 1. The molecule has 3 nitrogen and oxygen atoms in total. The summed E-state index contributed by atoms with van der Waals surface area (Å²) in [6, 6.07) is 0.748. The zero-order chi connectivity index (χ0) is 13.4. The molecule has 1 aliphatic rings. The molecule has 1 rings (SSSR count). The molecule has 0 bridgehead atoms. The van der Waals surface area contributed by atoms with Gasteiger partial charge in [0.2, 0.25) is 5.91 Å². The standard InChI is InChI=1S/C15H30N2O/c1-4-12(2)17-15(18)11-16-13(3)14-9-7-5-6-8-10-14/h12-14,16H,4-11H2,1-3H3,(H,17,18)/t12?,13-/m1/s1. The number of hydrogen-bond donors (Lipinski definition) is 2. The van der Waals surface area contributed by atoms with Crippen molar-refractivity contribution in [3.8, 4) is 0 Å². The quantitative estimate of drug-likeness (QED) is 0.716. The Morgan fingerprint density at radius 2 is 1.78 bits per heavy atom. The Kier molecular flexibility index (Phi) is 7.33. The van der Waals surface area contributed by atoms with Crippen LogP contribution in [0.3, 0.4) is 0 Å². The zero-order valence-corrected chi connectivity index (χ0v) is 12.3. The molecule has 18 heavy (non-hydrogen) atoms. The lowest BCUT2D eigenvalue weighted by Gasteiger charge is -2.23. The maximum Gasteiger partial charge on any atom is 0.234 e. The summed E-state index contributed by atoms with van der Waals surface area (Å²) in [7, 11) is 0. The average molecular weight is 254 g/mol. The van der Waals surface area contributed by atoms with Crippen molar-refractivity contribution in [2.45, 2.75) is 77.8 Å². The molecule has 1 saturated carbocycles. The van der Waals surface area contributed by atoms with E-state index in [0.717, 1.165) is 12.3 Å². The second-order valence-corrected chi connectivity index (χ2v) is 5.80. The minimum atomic E-state index is 0.129. The topological polar surface area (TPSA) is 41.1 Å². The minimum Gasteiger partial charge on any atom is -0.353 e. The van der Waals surface area contributed by atoms with Crippen LogP contribution in [0.1, 0.15) is 65.7 Å². The fourth-order valence-electron chi connectivity index (χ4n) is 2.66. The number of nitrogens with one attached hydrogen (secondary N) is 2. The molecule has 0 saturated heterocycles. The molecular formula is C15H30N2O. The van der Waals surface area contributed by atoms with Gasteiger partial charge < -0.3 is 10.6 Å². The predicted molar refractivity (Wildman–Crippen MR) is 76.6 cm³/mol. The Morgan fingerprint density at radius 1 is 1.17 bits per heavy atom. The second kappa shape index (κ2) is 8.52. The molecule has 106 valence electrons. The molecule has 1 aliphatic carbocycles. The largest absolute Gasteiger partial charge is 0.353 e. The fourth-order valence-corrected chi connectivity index (χ4v) is 2.66. The van der Waals surface area contributed by atoms with E-state index in [1.165, 1.54) is 38.5 Å². The summed E-state index contributed by atoms with van der Waals surface area (Å²) >= 11 is 0. The van der Waals surface area contributed by atoms with E-state index in [9.17, 15) is 4.79 Å². The molecule has 1 fully saturated rings. The highest BCUT2D eigenvalue weighted by Gasteiger charge is 2.19. The van der Waals surface area contributed by atoms with Crippen molar-refractivity contribution in [3.05, 3.63) is 0 Å². The lowest BCUT2D eigenvalue weighted by Crippen LogP contribution is -2.43. The summed E-state index contributed by atoms with van der Waals surface area (Å²) in [6.45, 7) is 6.83. The van der Waals surface area contributed by atoms with Crippen molar-refractivity contribution < 1.29 is 4.79 Å². The fraction of sp³-hybridized carbons (Fsp3) is 0.933. The van der Waals surface area contributed by atoms with Crippen molar-refractivity contribution in [2.24, 2.45) is 5.92 Å². The van der Waals surface area contributed by atoms with E-state index >= 15 is 0 Å². The smallest absolute Gasteiger partial charge is 0.234 e. The lowest BCUT2D eigenvalue weighted by molar-refractivity contribution is -0.121. The van der Waals surface area contributed by atoms with Crippen molar-refractivity contribution in [3.63, 3.8) is 0 Å². The third kappa shape index (κ3) is 5.85. The third-order valence-electron chi connectivity index (χ3n) is 4.21. The summed E-state index contributed by atoms with van der Waals surface area (Å²) in [5.74, 6) is 0.883. The van der Waals surface area contributed by atoms with Crippen LogP contribution >= 0.6 is 0 Å². The van der Waals surface area contributed by atoms with Gasteiger partial charge in [0.25, 0.3) is 0 Å². The molecular weight excluding hydrogens is 224 g/mol. The van der Waals surface area contributed by atoms with E-state index in [2.05, 4.69) is 24.5 Å². The Labute approximate surface area is 112 Å². The SMILES string of the molecule is CCC(C)NC(=O)CN[C@H](C)C1CCCCCC1. The van der Waals surface area contributed by atoms with E-state index in [4.69, 9.17) is 0 Å². The molecule has 2 N–H and O–H groups in total. The van der Waals surface area contributed by atoms with Crippen LogP contribution in [-0.4, -0.2) is 24.5 Å². The zero-order valence-electron chi connectivity index (χ0n) is 12.3. The molecule has 2 atom stereocenters. The van der Waals surface area contributed by atoms with Gasteiger partial charge in [0, 0.05) is 12.1 Å². The molecule has 3 heteroatoms. The summed E-state index contributed by atoms with van der Waals surface area (Å²) in [5.41, 5.74) is 0. The van der Waals surface area contributed by atoms with Crippen molar-refractivity contribution in [2.75, 3.05) is 6.54 Å². The first-order valence-corrected chi connectivity index (χ1v) is 7.66. The lowest BCUT2D eigenvalue weighted by atomic mass is 9.93.